The third-order valence-electron chi connectivity index (χ3n) is 2.81. The van der Waals surface area contributed by atoms with Gasteiger partial charge in [0.25, 0.3) is 0 Å². The van der Waals surface area contributed by atoms with E-state index in [9.17, 15) is 0 Å². The summed E-state index contributed by atoms with van der Waals surface area (Å²) in [5, 5.41) is 0.849. The molecule has 1 saturated carbocycles. The van der Waals surface area contributed by atoms with Crippen molar-refractivity contribution in [2.45, 2.75) is 31.7 Å². The second-order valence-electron chi connectivity index (χ2n) is 4.06. The van der Waals surface area contributed by atoms with Crippen LogP contribution in [0.1, 0.15) is 24.0 Å². The molecule has 2 heteroatoms. The fourth-order valence-corrected chi connectivity index (χ4v) is 1.75. The molecule has 0 amide bonds. The van der Waals surface area contributed by atoms with Gasteiger partial charge < -0.3 is 5.73 Å². The third kappa shape index (κ3) is 1.87. The van der Waals surface area contributed by atoms with Crippen molar-refractivity contribution in [3.63, 3.8) is 0 Å². The van der Waals surface area contributed by atoms with Crippen LogP contribution in [0.2, 0.25) is 5.02 Å². The molecule has 0 heterocycles. The van der Waals surface area contributed by atoms with Gasteiger partial charge in [0, 0.05) is 10.6 Å². The maximum Gasteiger partial charge on any atom is 0.0437 e. The lowest BCUT2D eigenvalue weighted by Crippen LogP contribution is -2.24. The molecule has 0 saturated heterocycles. The summed E-state index contributed by atoms with van der Waals surface area (Å²) in [5.74, 6) is 0. The Labute approximate surface area is 83.9 Å². The van der Waals surface area contributed by atoms with Crippen LogP contribution in [0.4, 0.5) is 0 Å². The van der Waals surface area contributed by atoms with Crippen molar-refractivity contribution in [1.82, 2.24) is 0 Å². The van der Waals surface area contributed by atoms with E-state index in [0.717, 1.165) is 24.3 Å². The molecule has 0 spiro atoms. The van der Waals surface area contributed by atoms with Crippen molar-refractivity contribution < 1.29 is 0 Å². The standard InChI is InChI=1S/C11H14ClN/c1-8-9(3-2-4-10(8)12)7-11(13)5-6-11/h2-4H,5-7,13H2,1H3. The Hall–Kier alpha value is -0.530. The molecular weight excluding hydrogens is 182 g/mol. The van der Waals surface area contributed by atoms with Crippen LogP contribution in [0.15, 0.2) is 18.2 Å². The average molecular weight is 196 g/mol. The molecule has 0 bridgehead atoms. The smallest absolute Gasteiger partial charge is 0.0437 e. The van der Waals surface area contributed by atoms with Gasteiger partial charge in [-0.25, -0.2) is 0 Å². The van der Waals surface area contributed by atoms with Crippen LogP contribution in [0.3, 0.4) is 0 Å². The van der Waals surface area contributed by atoms with E-state index in [-0.39, 0.29) is 5.54 Å². The zero-order valence-corrected chi connectivity index (χ0v) is 8.56. The molecule has 1 aliphatic rings. The predicted octanol–water partition coefficient (Wildman–Crippen LogP) is 2.68. The number of rotatable bonds is 2. The van der Waals surface area contributed by atoms with Crippen LogP contribution in [0, 0.1) is 6.92 Å². The Balaban J connectivity index is 2.25. The van der Waals surface area contributed by atoms with Gasteiger partial charge >= 0.3 is 0 Å². The topological polar surface area (TPSA) is 26.0 Å². The van der Waals surface area contributed by atoms with Crippen molar-refractivity contribution in [2.75, 3.05) is 0 Å². The maximum absolute atomic E-state index is 6.05. The summed E-state index contributed by atoms with van der Waals surface area (Å²) in [6, 6.07) is 6.04. The Kier molecular flexibility index (Phi) is 2.09. The number of hydrogen-bond donors (Lipinski definition) is 1. The first-order valence-corrected chi connectivity index (χ1v) is 5.01. The Morgan fingerprint density at radius 1 is 1.46 bits per heavy atom. The van der Waals surface area contributed by atoms with Gasteiger partial charge in [0.2, 0.25) is 0 Å². The highest BCUT2D eigenvalue weighted by molar-refractivity contribution is 6.31. The average Bonchev–Trinajstić information content (AvgIpc) is 2.78. The molecule has 0 unspecified atom stereocenters. The molecule has 2 N–H and O–H groups in total. The summed E-state index contributed by atoms with van der Waals surface area (Å²) in [6.07, 6.45) is 3.28. The monoisotopic (exact) mass is 195 g/mol. The van der Waals surface area contributed by atoms with Gasteiger partial charge in [-0.05, 0) is 43.4 Å². The third-order valence-corrected chi connectivity index (χ3v) is 3.22. The predicted molar refractivity (Wildman–Crippen MR) is 56.0 cm³/mol. The first-order valence-electron chi connectivity index (χ1n) is 4.64. The van der Waals surface area contributed by atoms with E-state index in [1.807, 2.05) is 12.1 Å². The molecule has 0 radical (unpaired) electrons. The Morgan fingerprint density at radius 3 is 2.77 bits per heavy atom. The molecule has 1 aromatic carbocycles. The summed E-state index contributed by atoms with van der Waals surface area (Å²) >= 11 is 6.02. The van der Waals surface area contributed by atoms with E-state index in [4.69, 9.17) is 17.3 Å². The lowest BCUT2D eigenvalue weighted by atomic mass is 10.0. The summed E-state index contributed by atoms with van der Waals surface area (Å²) in [7, 11) is 0. The molecular formula is C11H14ClN. The molecule has 1 aromatic rings. The number of benzene rings is 1. The van der Waals surface area contributed by atoms with Gasteiger partial charge in [0.15, 0.2) is 0 Å². The van der Waals surface area contributed by atoms with Gasteiger partial charge in [-0.1, -0.05) is 23.7 Å². The molecule has 2 rings (SSSR count). The number of halogens is 1. The van der Waals surface area contributed by atoms with E-state index in [1.54, 1.807) is 0 Å². The largest absolute Gasteiger partial charge is 0.325 e. The minimum atomic E-state index is 0.0788. The summed E-state index contributed by atoms with van der Waals surface area (Å²) < 4.78 is 0. The molecule has 0 aliphatic heterocycles. The van der Waals surface area contributed by atoms with Crippen LogP contribution >= 0.6 is 11.6 Å². The van der Waals surface area contributed by atoms with Gasteiger partial charge in [-0.3, -0.25) is 0 Å². The highest BCUT2D eigenvalue weighted by Gasteiger charge is 2.38. The molecule has 70 valence electrons. The zero-order chi connectivity index (χ0) is 9.47. The lowest BCUT2D eigenvalue weighted by molar-refractivity contribution is 0.669. The minimum Gasteiger partial charge on any atom is -0.325 e. The van der Waals surface area contributed by atoms with Crippen LogP contribution in [0.5, 0.6) is 0 Å². The highest BCUT2D eigenvalue weighted by Crippen LogP contribution is 2.36. The fraction of sp³-hybridized carbons (Fsp3) is 0.455. The van der Waals surface area contributed by atoms with Gasteiger partial charge in [-0.15, -0.1) is 0 Å². The second-order valence-corrected chi connectivity index (χ2v) is 4.47. The molecule has 13 heavy (non-hydrogen) atoms. The summed E-state index contributed by atoms with van der Waals surface area (Å²) in [5.41, 5.74) is 8.61. The first kappa shape index (κ1) is 9.04. The molecule has 0 aromatic heterocycles. The van der Waals surface area contributed by atoms with E-state index in [2.05, 4.69) is 13.0 Å². The molecule has 1 nitrogen and oxygen atoms in total. The van der Waals surface area contributed by atoms with Gasteiger partial charge in [-0.2, -0.15) is 0 Å². The fourth-order valence-electron chi connectivity index (χ4n) is 1.56. The van der Waals surface area contributed by atoms with Crippen molar-refractivity contribution in [3.05, 3.63) is 34.3 Å². The van der Waals surface area contributed by atoms with E-state index < -0.39 is 0 Å². The van der Waals surface area contributed by atoms with Crippen LogP contribution in [-0.4, -0.2) is 5.54 Å². The van der Waals surface area contributed by atoms with Gasteiger partial charge in [0.05, 0.1) is 0 Å². The highest BCUT2D eigenvalue weighted by atomic mass is 35.5. The first-order chi connectivity index (χ1) is 6.11. The van der Waals surface area contributed by atoms with Crippen molar-refractivity contribution in [3.8, 4) is 0 Å². The zero-order valence-electron chi connectivity index (χ0n) is 7.81. The summed E-state index contributed by atoms with van der Waals surface area (Å²) in [6.45, 7) is 2.06. The van der Waals surface area contributed by atoms with Crippen molar-refractivity contribution >= 4 is 11.6 Å². The quantitative estimate of drug-likeness (QED) is 0.772. The van der Waals surface area contributed by atoms with Gasteiger partial charge in [0.1, 0.15) is 0 Å². The van der Waals surface area contributed by atoms with Crippen molar-refractivity contribution in [1.29, 1.82) is 0 Å². The van der Waals surface area contributed by atoms with Crippen LogP contribution in [0.25, 0.3) is 0 Å². The van der Waals surface area contributed by atoms with E-state index >= 15 is 0 Å². The van der Waals surface area contributed by atoms with Crippen LogP contribution in [-0.2, 0) is 6.42 Å². The van der Waals surface area contributed by atoms with Crippen LogP contribution < -0.4 is 5.73 Å². The summed E-state index contributed by atoms with van der Waals surface area (Å²) in [4.78, 5) is 0. The lowest BCUT2D eigenvalue weighted by Gasteiger charge is -2.11. The second kappa shape index (κ2) is 3.00. The number of hydrogen-bond acceptors (Lipinski definition) is 1. The maximum atomic E-state index is 6.05. The Bertz CT molecular complexity index is 329. The normalized spacial score (nSPS) is 18.7. The molecule has 1 fully saturated rings. The Morgan fingerprint density at radius 2 is 2.15 bits per heavy atom. The van der Waals surface area contributed by atoms with Crippen molar-refractivity contribution in [2.24, 2.45) is 5.73 Å². The van der Waals surface area contributed by atoms with E-state index in [0.29, 0.717) is 0 Å². The SMILES string of the molecule is Cc1c(Cl)cccc1CC1(N)CC1. The van der Waals surface area contributed by atoms with E-state index in [1.165, 1.54) is 11.1 Å². The number of nitrogens with two attached hydrogens (primary N) is 1. The minimum absolute atomic E-state index is 0.0788. The molecule has 0 atom stereocenters. The molecule has 1 aliphatic carbocycles.